The fourth-order valence-corrected chi connectivity index (χ4v) is 3.56. The summed E-state index contributed by atoms with van der Waals surface area (Å²) in [4.78, 5) is 47.3. The zero-order valence-electron chi connectivity index (χ0n) is 16.9. The maximum absolute atomic E-state index is 12.6. The van der Waals surface area contributed by atoms with Crippen molar-refractivity contribution in [1.82, 2.24) is 0 Å². The molecule has 0 aromatic heterocycles. The fraction of sp³-hybridized carbons (Fsp3) is 0.500. The normalized spacial score (nSPS) is 27.1. The van der Waals surface area contributed by atoms with Crippen LogP contribution in [0.15, 0.2) is 18.2 Å². The van der Waals surface area contributed by atoms with Gasteiger partial charge >= 0.3 is 23.9 Å². The van der Waals surface area contributed by atoms with Crippen LogP contribution in [0.1, 0.15) is 42.8 Å². The monoisotopic (exact) mass is 422 g/mol. The molecule has 2 heterocycles. The van der Waals surface area contributed by atoms with Crippen molar-refractivity contribution in [2.45, 2.75) is 51.3 Å². The van der Waals surface area contributed by atoms with E-state index in [0.29, 0.717) is 11.3 Å². The molecule has 0 amide bonds. The molecule has 3 rings (SSSR count). The van der Waals surface area contributed by atoms with E-state index in [4.69, 9.17) is 28.4 Å². The summed E-state index contributed by atoms with van der Waals surface area (Å²) in [7, 11) is 1.48. The maximum Gasteiger partial charge on any atom is 0.339 e. The summed E-state index contributed by atoms with van der Waals surface area (Å²) in [5, 5.41) is 0. The van der Waals surface area contributed by atoms with Crippen molar-refractivity contribution in [1.29, 1.82) is 0 Å². The molecule has 5 atom stereocenters. The standard InChI is InChI=1S/C20H22O10/c1-9(21)26-8-15-17(27-10(2)22)19(28-11(3)23)18-16(29-15)14-7-12(25-4)5-6-13(14)20(24)30-18/h5-7,15-19H,8H2,1-4H3/t15-,16-,17-,18+,19+/m1/s1. The van der Waals surface area contributed by atoms with Gasteiger partial charge in [-0.05, 0) is 18.2 Å². The number of methoxy groups -OCH3 is 1. The van der Waals surface area contributed by atoms with Crippen LogP contribution in [-0.4, -0.2) is 62.0 Å². The average Bonchev–Trinajstić information content (AvgIpc) is 2.68. The molecule has 0 radical (unpaired) electrons. The molecule has 2 aliphatic heterocycles. The van der Waals surface area contributed by atoms with Crippen LogP contribution in [-0.2, 0) is 38.1 Å². The minimum atomic E-state index is -1.17. The van der Waals surface area contributed by atoms with Gasteiger partial charge in [0.2, 0.25) is 0 Å². The van der Waals surface area contributed by atoms with Gasteiger partial charge in [0.05, 0.1) is 12.7 Å². The Bertz CT molecular complexity index is 863. The van der Waals surface area contributed by atoms with Crippen molar-refractivity contribution in [3.8, 4) is 5.75 Å². The summed E-state index contributed by atoms with van der Waals surface area (Å²) in [6.07, 6.45) is -5.26. The van der Waals surface area contributed by atoms with E-state index in [9.17, 15) is 19.2 Å². The van der Waals surface area contributed by atoms with Crippen LogP contribution >= 0.6 is 0 Å². The summed E-state index contributed by atoms with van der Waals surface area (Å²) in [6.45, 7) is 3.31. The van der Waals surface area contributed by atoms with Gasteiger partial charge in [0.1, 0.15) is 24.6 Å². The van der Waals surface area contributed by atoms with Crippen molar-refractivity contribution in [3.63, 3.8) is 0 Å². The summed E-state index contributed by atoms with van der Waals surface area (Å²) < 4.78 is 32.6. The van der Waals surface area contributed by atoms with Gasteiger partial charge in [-0.15, -0.1) is 0 Å². The van der Waals surface area contributed by atoms with Gasteiger partial charge in [0.25, 0.3) is 0 Å². The second-order valence-corrected chi connectivity index (χ2v) is 6.87. The molecule has 0 saturated carbocycles. The van der Waals surface area contributed by atoms with Crippen LogP contribution in [0.3, 0.4) is 0 Å². The van der Waals surface area contributed by atoms with E-state index < -0.39 is 54.4 Å². The Hall–Kier alpha value is -3.14. The molecule has 1 aromatic carbocycles. The van der Waals surface area contributed by atoms with Crippen LogP contribution in [0, 0.1) is 0 Å². The highest BCUT2D eigenvalue weighted by Gasteiger charge is 2.55. The first-order valence-electron chi connectivity index (χ1n) is 9.23. The number of rotatable bonds is 5. The van der Waals surface area contributed by atoms with Gasteiger partial charge in [-0.1, -0.05) is 0 Å². The number of hydrogen-bond donors (Lipinski definition) is 0. The molecule has 0 bridgehead atoms. The second kappa shape index (κ2) is 8.70. The summed E-state index contributed by atoms with van der Waals surface area (Å²) in [6, 6.07) is 4.76. The van der Waals surface area contributed by atoms with Crippen molar-refractivity contribution in [2.24, 2.45) is 0 Å². The molecule has 2 aliphatic rings. The van der Waals surface area contributed by atoms with E-state index in [1.54, 1.807) is 12.1 Å². The number of esters is 4. The molecule has 0 unspecified atom stereocenters. The van der Waals surface area contributed by atoms with Gasteiger partial charge in [0.15, 0.2) is 18.3 Å². The van der Waals surface area contributed by atoms with Crippen molar-refractivity contribution >= 4 is 23.9 Å². The van der Waals surface area contributed by atoms with Gasteiger partial charge in [-0.3, -0.25) is 14.4 Å². The maximum atomic E-state index is 12.6. The lowest BCUT2D eigenvalue weighted by Gasteiger charge is -2.46. The van der Waals surface area contributed by atoms with Gasteiger partial charge < -0.3 is 28.4 Å². The zero-order chi connectivity index (χ0) is 22.0. The lowest BCUT2D eigenvalue weighted by Crippen LogP contribution is -2.60. The number of carbonyl (C=O) groups excluding carboxylic acids is 4. The predicted molar refractivity (Wildman–Crippen MR) is 97.6 cm³/mol. The fourth-order valence-electron chi connectivity index (χ4n) is 3.56. The SMILES string of the molecule is COc1ccc2c(c1)[C@H]1O[C@H](COC(C)=O)[C@@H](OC(C)=O)[C@H](OC(C)=O)[C@H]1OC2=O. The zero-order valence-corrected chi connectivity index (χ0v) is 16.9. The molecule has 0 aliphatic carbocycles. The topological polar surface area (TPSA) is 124 Å². The minimum absolute atomic E-state index is 0.260. The van der Waals surface area contributed by atoms with Crippen molar-refractivity contribution in [3.05, 3.63) is 29.3 Å². The first-order valence-corrected chi connectivity index (χ1v) is 9.23. The first-order chi connectivity index (χ1) is 14.2. The van der Waals surface area contributed by atoms with E-state index in [1.807, 2.05) is 0 Å². The third-order valence-corrected chi connectivity index (χ3v) is 4.72. The first kappa shape index (κ1) is 21.6. The van der Waals surface area contributed by atoms with E-state index >= 15 is 0 Å². The molecular weight excluding hydrogens is 400 g/mol. The quantitative estimate of drug-likeness (QED) is 0.503. The molecule has 0 N–H and O–H groups in total. The average molecular weight is 422 g/mol. The highest BCUT2D eigenvalue weighted by molar-refractivity contribution is 5.93. The molecule has 1 saturated heterocycles. The van der Waals surface area contributed by atoms with E-state index in [-0.39, 0.29) is 12.2 Å². The van der Waals surface area contributed by atoms with Gasteiger partial charge in [0, 0.05) is 26.3 Å². The number of benzene rings is 1. The molecule has 162 valence electrons. The number of hydrogen-bond acceptors (Lipinski definition) is 10. The summed E-state index contributed by atoms with van der Waals surface area (Å²) in [5.41, 5.74) is 0.720. The lowest BCUT2D eigenvalue weighted by molar-refractivity contribution is -0.251. The largest absolute Gasteiger partial charge is 0.497 e. The van der Waals surface area contributed by atoms with Crippen molar-refractivity contribution in [2.75, 3.05) is 13.7 Å². The van der Waals surface area contributed by atoms with Crippen molar-refractivity contribution < 1.29 is 47.6 Å². The summed E-state index contributed by atoms with van der Waals surface area (Å²) in [5.74, 6) is -2.07. The molecule has 10 heteroatoms. The van der Waals surface area contributed by atoms with Crippen LogP contribution in [0.2, 0.25) is 0 Å². The van der Waals surface area contributed by atoms with Gasteiger partial charge in [-0.2, -0.15) is 0 Å². The van der Waals surface area contributed by atoms with E-state index in [2.05, 4.69) is 0 Å². The van der Waals surface area contributed by atoms with Crippen LogP contribution in [0.25, 0.3) is 0 Å². The number of fused-ring (bicyclic) bond motifs is 3. The molecule has 30 heavy (non-hydrogen) atoms. The molecule has 10 nitrogen and oxygen atoms in total. The minimum Gasteiger partial charge on any atom is -0.497 e. The third kappa shape index (κ3) is 4.38. The highest BCUT2D eigenvalue weighted by Crippen LogP contribution is 2.42. The Kier molecular flexibility index (Phi) is 6.25. The number of ether oxygens (including phenoxy) is 6. The Morgan fingerprint density at radius 3 is 2.27 bits per heavy atom. The number of carbonyl (C=O) groups is 4. The summed E-state index contributed by atoms with van der Waals surface area (Å²) >= 11 is 0. The van der Waals surface area contributed by atoms with E-state index in [1.165, 1.54) is 33.9 Å². The van der Waals surface area contributed by atoms with Crippen LogP contribution < -0.4 is 4.74 Å². The molecule has 1 fully saturated rings. The van der Waals surface area contributed by atoms with Crippen LogP contribution in [0.5, 0.6) is 5.75 Å². The molecule has 1 aromatic rings. The molecular formula is C20H22O10. The second-order valence-electron chi connectivity index (χ2n) is 6.87. The Labute approximate surface area is 172 Å². The highest BCUT2D eigenvalue weighted by atomic mass is 16.7. The Morgan fingerprint density at radius 1 is 1.00 bits per heavy atom. The Balaban J connectivity index is 2.05. The van der Waals surface area contributed by atoms with Crippen LogP contribution in [0.4, 0.5) is 0 Å². The van der Waals surface area contributed by atoms with E-state index in [0.717, 1.165) is 0 Å². The predicted octanol–water partition coefficient (Wildman–Crippen LogP) is 1.10. The smallest absolute Gasteiger partial charge is 0.339 e. The Morgan fingerprint density at radius 2 is 1.67 bits per heavy atom. The lowest BCUT2D eigenvalue weighted by atomic mass is 9.86. The molecule has 0 spiro atoms. The third-order valence-electron chi connectivity index (χ3n) is 4.72. The van der Waals surface area contributed by atoms with Gasteiger partial charge in [-0.25, -0.2) is 4.79 Å².